The van der Waals surface area contributed by atoms with Crippen LogP contribution < -0.4 is 10.2 Å². The number of anilines is 1. The highest BCUT2D eigenvalue weighted by Gasteiger charge is 2.26. The fraction of sp³-hybridized carbons (Fsp3) is 0.389. The standard InChI is InChI=1S/C18H22FN3O4/c1-18(2,3)26-17(24)22(10-12-7-8-20-15(9-12)25-4)14-6-5-13(11-23)16(19)21-14/h5-9,11,15,20H,10H2,1-4H3. The number of dihydropyridines is 1. The molecule has 0 saturated carbocycles. The molecule has 0 spiro atoms. The van der Waals surface area contributed by atoms with Crippen molar-refractivity contribution in [2.45, 2.75) is 32.6 Å². The number of carbonyl (C=O) groups excluding carboxylic acids is 2. The number of ether oxygens (including phenoxy) is 2. The van der Waals surface area contributed by atoms with Crippen LogP contribution in [0.25, 0.3) is 0 Å². The van der Waals surface area contributed by atoms with Crippen molar-refractivity contribution in [1.29, 1.82) is 0 Å². The number of carbonyl (C=O) groups is 2. The van der Waals surface area contributed by atoms with Gasteiger partial charge in [-0.2, -0.15) is 4.39 Å². The van der Waals surface area contributed by atoms with Gasteiger partial charge in [0.25, 0.3) is 0 Å². The molecule has 7 nitrogen and oxygen atoms in total. The fourth-order valence-electron chi connectivity index (χ4n) is 2.20. The van der Waals surface area contributed by atoms with Crippen LogP contribution in [0.5, 0.6) is 0 Å². The molecule has 1 unspecified atom stereocenters. The Labute approximate surface area is 151 Å². The van der Waals surface area contributed by atoms with E-state index in [1.807, 2.05) is 0 Å². The van der Waals surface area contributed by atoms with E-state index < -0.39 is 17.6 Å². The van der Waals surface area contributed by atoms with Crippen molar-refractivity contribution in [3.05, 3.63) is 47.6 Å². The molecule has 0 aromatic carbocycles. The average molecular weight is 363 g/mol. The molecule has 2 rings (SSSR count). The molecule has 0 fully saturated rings. The van der Waals surface area contributed by atoms with Gasteiger partial charge in [-0.1, -0.05) is 0 Å². The molecular weight excluding hydrogens is 341 g/mol. The van der Waals surface area contributed by atoms with Crippen LogP contribution >= 0.6 is 0 Å². The van der Waals surface area contributed by atoms with Gasteiger partial charge >= 0.3 is 6.09 Å². The zero-order chi connectivity index (χ0) is 19.3. The lowest BCUT2D eigenvalue weighted by atomic mass is 10.1. The maximum atomic E-state index is 13.9. The van der Waals surface area contributed by atoms with E-state index in [1.54, 1.807) is 46.2 Å². The van der Waals surface area contributed by atoms with Crippen LogP contribution in [0.1, 0.15) is 31.1 Å². The molecule has 1 atom stereocenters. The minimum Gasteiger partial charge on any atom is -0.443 e. The largest absolute Gasteiger partial charge is 0.443 e. The van der Waals surface area contributed by atoms with Crippen LogP contribution in [0.15, 0.2) is 36.1 Å². The second kappa shape index (κ2) is 8.09. The number of rotatable bonds is 5. The van der Waals surface area contributed by atoms with Crippen molar-refractivity contribution < 1.29 is 23.5 Å². The van der Waals surface area contributed by atoms with Crippen LogP contribution in [0.3, 0.4) is 0 Å². The highest BCUT2D eigenvalue weighted by molar-refractivity contribution is 5.88. The molecule has 1 amide bonds. The Morgan fingerprint density at radius 3 is 2.73 bits per heavy atom. The summed E-state index contributed by atoms with van der Waals surface area (Å²) in [6, 6.07) is 2.67. The Morgan fingerprint density at radius 2 is 2.15 bits per heavy atom. The normalized spacial score (nSPS) is 16.5. The summed E-state index contributed by atoms with van der Waals surface area (Å²) in [6.07, 6.45) is 4.60. The van der Waals surface area contributed by atoms with Crippen LogP contribution in [-0.2, 0) is 9.47 Å². The van der Waals surface area contributed by atoms with Gasteiger partial charge in [0.15, 0.2) is 6.29 Å². The third kappa shape index (κ3) is 5.13. The zero-order valence-corrected chi connectivity index (χ0v) is 15.2. The first-order valence-electron chi connectivity index (χ1n) is 8.02. The van der Waals surface area contributed by atoms with Crippen LogP contribution in [0.4, 0.5) is 15.0 Å². The predicted octanol–water partition coefficient (Wildman–Crippen LogP) is 2.79. The summed E-state index contributed by atoms with van der Waals surface area (Å²) in [4.78, 5) is 28.3. The topological polar surface area (TPSA) is 80.8 Å². The van der Waals surface area contributed by atoms with Crippen molar-refractivity contribution in [3.63, 3.8) is 0 Å². The smallest absolute Gasteiger partial charge is 0.416 e. The van der Waals surface area contributed by atoms with E-state index in [0.29, 0.717) is 6.29 Å². The highest BCUT2D eigenvalue weighted by Crippen LogP contribution is 2.20. The number of nitrogens with zero attached hydrogens (tertiary/aromatic N) is 2. The van der Waals surface area contributed by atoms with Crippen molar-refractivity contribution in [2.75, 3.05) is 18.6 Å². The average Bonchev–Trinajstić information content (AvgIpc) is 2.58. The molecule has 140 valence electrons. The van der Waals surface area contributed by atoms with Gasteiger partial charge in [-0.15, -0.1) is 0 Å². The predicted molar refractivity (Wildman–Crippen MR) is 94.3 cm³/mol. The van der Waals surface area contributed by atoms with E-state index >= 15 is 0 Å². The van der Waals surface area contributed by atoms with Crippen LogP contribution in [0.2, 0.25) is 0 Å². The van der Waals surface area contributed by atoms with E-state index in [2.05, 4.69) is 10.3 Å². The number of aldehydes is 1. The summed E-state index contributed by atoms with van der Waals surface area (Å²) in [6.45, 7) is 5.30. The monoisotopic (exact) mass is 363 g/mol. The van der Waals surface area contributed by atoms with E-state index in [1.165, 1.54) is 17.0 Å². The van der Waals surface area contributed by atoms with Gasteiger partial charge in [0.1, 0.15) is 17.6 Å². The van der Waals surface area contributed by atoms with Gasteiger partial charge in [-0.25, -0.2) is 9.78 Å². The van der Waals surface area contributed by atoms with Crippen molar-refractivity contribution in [2.24, 2.45) is 0 Å². The molecule has 1 aliphatic rings. The summed E-state index contributed by atoms with van der Waals surface area (Å²) in [5, 5.41) is 2.98. The van der Waals surface area contributed by atoms with E-state index in [9.17, 15) is 14.0 Å². The molecule has 0 bridgehead atoms. The van der Waals surface area contributed by atoms with Gasteiger partial charge in [0.05, 0.1) is 12.1 Å². The Morgan fingerprint density at radius 1 is 1.42 bits per heavy atom. The number of nitrogens with one attached hydrogen (secondary N) is 1. The molecule has 8 heteroatoms. The van der Waals surface area contributed by atoms with Gasteiger partial charge in [-0.05, 0) is 56.8 Å². The Kier molecular flexibility index (Phi) is 6.10. The highest BCUT2D eigenvalue weighted by atomic mass is 19.1. The molecule has 1 N–H and O–H groups in total. The molecular formula is C18H22FN3O4. The number of amides is 1. The molecule has 0 radical (unpaired) electrons. The summed E-state index contributed by atoms with van der Waals surface area (Å²) in [7, 11) is 1.55. The molecule has 2 heterocycles. The molecule has 1 aromatic heterocycles. The number of methoxy groups -OCH3 is 1. The summed E-state index contributed by atoms with van der Waals surface area (Å²) in [5.41, 5.74) is -0.161. The minimum atomic E-state index is -0.948. The molecule has 26 heavy (non-hydrogen) atoms. The van der Waals surface area contributed by atoms with Gasteiger partial charge in [0, 0.05) is 7.11 Å². The molecule has 1 aromatic rings. The number of halogens is 1. The Balaban J connectivity index is 2.34. The maximum absolute atomic E-state index is 13.9. The fourth-order valence-corrected chi connectivity index (χ4v) is 2.20. The SMILES string of the molecule is COC1C=C(CN(C(=O)OC(C)(C)C)c2ccc(C=O)c(F)n2)C=CN1. The van der Waals surface area contributed by atoms with Crippen LogP contribution in [0, 0.1) is 5.95 Å². The number of aromatic nitrogens is 1. The first-order chi connectivity index (χ1) is 12.2. The van der Waals surface area contributed by atoms with Gasteiger partial charge < -0.3 is 14.8 Å². The Bertz CT molecular complexity index is 740. The third-order valence-corrected chi connectivity index (χ3v) is 3.40. The summed E-state index contributed by atoms with van der Waals surface area (Å²) in [5.74, 6) is -0.903. The van der Waals surface area contributed by atoms with E-state index in [4.69, 9.17) is 9.47 Å². The van der Waals surface area contributed by atoms with Gasteiger partial charge in [0.2, 0.25) is 5.95 Å². The second-order valence-corrected chi connectivity index (χ2v) is 6.63. The lowest BCUT2D eigenvalue weighted by Gasteiger charge is -2.28. The van der Waals surface area contributed by atoms with Crippen molar-refractivity contribution in [3.8, 4) is 0 Å². The lowest BCUT2D eigenvalue weighted by molar-refractivity contribution is 0.0582. The number of pyridine rings is 1. The zero-order valence-electron chi connectivity index (χ0n) is 15.2. The lowest BCUT2D eigenvalue weighted by Crippen LogP contribution is -2.39. The minimum absolute atomic E-state index is 0.0455. The molecule has 0 saturated heterocycles. The summed E-state index contributed by atoms with van der Waals surface area (Å²) >= 11 is 0. The quantitative estimate of drug-likeness (QED) is 0.640. The Hall–Kier alpha value is -2.74. The molecule has 0 aliphatic carbocycles. The number of hydrogen-bond donors (Lipinski definition) is 1. The van der Waals surface area contributed by atoms with E-state index in [0.717, 1.165) is 5.57 Å². The van der Waals surface area contributed by atoms with Crippen molar-refractivity contribution in [1.82, 2.24) is 10.3 Å². The first kappa shape index (κ1) is 19.6. The molecule has 1 aliphatic heterocycles. The number of hydrogen-bond acceptors (Lipinski definition) is 6. The van der Waals surface area contributed by atoms with Crippen molar-refractivity contribution >= 4 is 18.2 Å². The van der Waals surface area contributed by atoms with Crippen LogP contribution in [-0.4, -0.2) is 42.8 Å². The first-order valence-corrected chi connectivity index (χ1v) is 8.02. The summed E-state index contributed by atoms with van der Waals surface area (Å²) < 4.78 is 24.5. The third-order valence-electron chi connectivity index (χ3n) is 3.40. The second-order valence-electron chi connectivity index (χ2n) is 6.63. The van der Waals surface area contributed by atoms with E-state index in [-0.39, 0.29) is 24.2 Å². The maximum Gasteiger partial charge on any atom is 0.416 e. The van der Waals surface area contributed by atoms with Gasteiger partial charge in [-0.3, -0.25) is 9.69 Å².